The van der Waals surface area contributed by atoms with Gasteiger partial charge in [0.25, 0.3) is 0 Å². The van der Waals surface area contributed by atoms with E-state index < -0.39 is 0 Å². The van der Waals surface area contributed by atoms with Gasteiger partial charge in [-0.2, -0.15) is 0 Å². The van der Waals surface area contributed by atoms with Gasteiger partial charge in [-0.15, -0.1) is 0 Å². The summed E-state index contributed by atoms with van der Waals surface area (Å²) in [6.45, 7) is 6.19. The second-order valence-corrected chi connectivity index (χ2v) is 6.18. The molecule has 5 heteroatoms. The number of fused-ring (bicyclic) bond motifs is 1. The van der Waals surface area contributed by atoms with Crippen molar-refractivity contribution in [1.29, 1.82) is 0 Å². The van der Waals surface area contributed by atoms with Crippen molar-refractivity contribution in [1.82, 2.24) is 4.98 Å². The van der Waals surface area contributed by atoms with Crippen LogP contribution >= 0.6 is 0 Å². The molecule has 0 fully saturated rings. The van der Waals surface area contributed by atoms with Crippen molar-refractivity contribution in [2.75, 3.05) is 24.3 Å². The highest BCUT2D eigenvalue weighted by Gasteiger charge is 2.24. The molecule has 134 valence electrons. The SMILES string of the molecule is C=C1C(Nc2ccccn2)=Cc2c(ccc(/C(CCC)=N/C)c2F)N1C. The maximum Gasteiger partial charge on any atom is 0.141 e. The fraction of sp³-hybridized carbons (Fsp3) is 0.238. The number of rotatable bonds is 5. The van der Waals surface area contributed by atoms with E-state index in [9.17, 15) is 0 Å². The minimum atomic E-state index is -0.253. The molecular weight excluding hydrogens is 327 g/mol. The Bertz CT molecular complexity index is 884. The lowest BCUT2D eigenvalue weighted by atomic mass is 9.97. The Hall–Kier alpha value is -2.95. The number of hydrogen-bond acceptors (Lipinski definition) is 4. The monoisotopic (exact) mass is 350 g/mol. The van der Waals surface area contributed by atoms with Gasteiger partial charge in [0.2, 0.25) is 0 Å². The highest BCUT2D eigenvalue weighted by Crippen LogP contribution is 2.36. The van der Waals surface area contributed by atoms with Gasteiger partial charge in [-0.05, 0) is 36.8 Å². The lowest BCUT2D eigenvalue weighted by molar-refractivity contribution is 0.621. The fourth-order valence-electron chi connectivity index (χ4n) is 3.08. The number of anilines is 2. The molecule has 0 saturated carbocycles. The molecule has 0 unspecified atom stereocenters. The van der Waals surface area contributed by atoms with Crippen LogP contribution in [0.4, 0.5) is 15.9 Å². The van der Waals surface area contributed by atoms with Crippen molar-refractivity contribution < 1.29 is 4.39 Å². The largest absolute Gasteiger partial charge is 0.343 e. The van der Waals surface area contributed by atoms with Crippen LogP contribution in [0.25, 0.3) is 6.08 Å². The molecule has 0 spiro atoms. The van der Waals surface area contributed by atoms with Crippen molar-refractivity contribution in [2.45, 2.75) is 19.8 Å². The van der Waals surface area contributed by atoms with E-state index in [0.29, 0.717) is 16.9 Å². The van der Waals surface area contributed by atoms with Gasteiger partial charge in [0.1, 0.15) is 11.6 Å². The number of halogens is 1. The Morgan fingerprint density at radius 3 is 2.77 bits per heavy atom. The zero-order valence-corrected chi connectivity index (χ0v) is 15.4. The molecular formula is C21H23FN4. The van der Waals surface area contributed by atoms with E-state index in [2.05, 4.69) is 28.8 Å². The minimum absolute atomic E-state index is 0.253. The van der Waals surface area contributed by atoms with Gasteiger partial charge in [0.05, 0.1) is 17.1 Å². The third kappa shape index (κ3) is 3.25. The lowest BCUT2D eigenvalue weighted by Crippen LogP contribution is -2.25. The predicted octanol–water partition coefficient (Wildman–Crippen LogP) is 4.86. The van der Waals surface area contributed by atoms with Gasteiger partial charge < -0.3 is 10.2 Å². The number of aromatic nitrogens is 1. The zero-order valence-electron chi connectivity index (χ0n) is 15.4. The summed E-state index contributed by atoms with van der Waals surface area (Å²) < 4.78 is 15.3. The summed E-state index contributed by atoms with van der Waals surface area (Å²) in [5, 5.41) is 3.23. The molecule has 1 aliphatic heterocycles. The maximum absolute atomic E-state index is 15.3. The number of hydrogen-bond donors (Lipinski definition) is 1. The third-order valence-electron chi connectivity index (χ3n) is 4.52. The van der Waals surface area contributed by atoms with Crippen LogP contribution in [0.15, 0.2) is 59.5 Å². The maximum atomic E-state index is 15.3. The van der Waals surface area contributed by atoms with E-state index in [1.54, 1.807) is 25.4 Å². The van der Waals surface area contributed by atoms with Crippen LogP contribution < -0.4 is 10.2 Å². The summed E-state index contributed by atoms with van der Waals surface area (Å²) in [7, 11) is 3.59. The van der Waals surface area contributed by atoms with Crippen LogP contribution in [0.1, 0.15) is 30.9 Å². The molecule has 26 heavy (non-hydrogen) atoms. The zero-order chi connectivity index (χ0) is 18.7. The molecule has 0 bridgehead atoms. The van der Waals surface area contributed by atoms with Crippen LogP contribution in [-0.2, 0) is 0 Å². The van der Waals surface area contributed by atoms with E-state index in [1.807, 2.05) is 36.2 Å². The van der Waals surface area contributed by atoms with Gasteiger partial charge in [0.15, 0.2) is 0 Å². The van der Waals surface area contributed by atoms with Gasteiger partial charge >= 0.3 is 0 Å². The molecule has 1 aliphatic rings. The van der Waals surface area contributed by atoms with Gasteiger partial charge in [-0.1, -0.05) is 26.0 Å². The second kappa shape index (κ2) is 7.52. The Morgan fingerprint density at radius 1 is 1.31 bits per heavy atom. The van der Waals surface area contributed by atoms with Crippen LogP contribution in [0.3, 0.4) is 0 Å². The molecule has 0 atom stereocenters. The third-order valence-corrected chi connectivity index (χ3v) is 4.52. The van der Waals surface area contributed by atoms with Crippen molar-refractivity contribution in [2.24, 2.45) is 4.99 Å². The Morgan fingerprint density at radius 2 is 2.12 bits per heavy atom. The standard InChI is InChI=1S/C21H23FN4/c1-5-8-17(23-3)15-10-11-19-16(21(15)22)13-18(14(2)26(19)4)25-20-9-6-7-12-24-20/h6-7,9-13H,2,5,8H2,1,3-4H3,(H,24,25)/b23-17+. The first-order valence-electron chi connectivity index (χ1n) is 8.68. The Labute approximate surface area is 153 Å². The van der Waals surface area contributed by atoms with Crippen LogP contribution in [0, 0.1) is 5.82 Å². The molecule has 2 heterocycles. The number of likely N-dealkylation sites (N-methyl/N-ethyl adjacent to an activating group) is 1. The molecule has 1 N–H and O–H groups in total. The molecule has 0 aliphatic carbocycles. The Balaban J connectivity index is 2.07. The minimum Gasteiger partial charge on any atom is -0.343 e. The summed E-state index contributed by atoms with van der Waals surface area (Å²) in [4.78, 5) is 10.4. The van der Waals surface area contributed by atoms with Crippen LogP contribution in [0.2, 0.25) is 0 Å². The molecule has 0 radical (unpaired) electrons. The summed E-state index contributed by atoms with van der Waals surface area (Å²) >= 11 is 0. The van der Waals surface area contributed by atoms with Gasteiger partial charge in [-0.3, -0.25) is 4.99 Å². The van der Waals surface area contributed by atoms with Crippen molar-refractivity contribution >= 4 is 23.3 Å². The first kappa shape index (κ1) is 17.9. The molecule has 3 rings (SSSR count). The number of benzene rings is 1. The number of aliphatic imine (C=N–C) groups is 1. The van der Waals surface area contributed by atoms with Crippen LogP contribution in [-0.4, -0.2) is 24.8 Å². The highest BCUT2D eigenvalue weighted by atomic mass is 19.1. The topological polar surface area (TPSA) is 40.5 Å². The number of nitrogens with zero attached hydrogens (tertiary/aromatic N) is 3. The Kier molecular flexibility index (Phi) is 5.16. The molecule has 2 aromatic rings. The first-order chi connectivity index (χ1) is 12.6. The number of nitrogens with one attached hydrogen (secondary N) is 1. The fourth-order valence-corrected chi connectivity index (χ4v) is 3.08. The first-order valence-corrected chi connectivity index (χ1v) is 8.68. The summed E-state index contributed by atoms with van der Waals surface area (Å²) in [6.07, 6.45) is 5.17. The molecule has 0 amide bonds. The van der Waals surface area contributed by atoms with Gasteiger partial charge in [0, 0.05) is 37.1 Å². The quantitative estimate of drug-likeness (QED) is 0.783. The average molecular weight is 350 g/mol. The smallest absolute Gasteiger partial charge is 0.141 e. The highest BCUT2D eigenvalue weighted by molar-refractivity contribution is 6.02. The lowest BCUT2D eigenvalue weighted by Gasteiger charge is -2.31. The molecule has 1 aromatic heterocycles. The van der Waals surface area contributed by atoms with E-state index in [1.165, 1.54) is 0 Å². The normalized spacial score (nSPS) is 14.2. The van der Waals surface area contributed by atoms with Gasteiger partial charge in [-0.25, -0.2) is 9.37 Å². The molecule has 1 aromatic carbocycles. The predicted molar refractivity (Wildman–Crippen MR) is 107 cm³/mol. The second-order valence-electron chi connectivity index (χ2n) is 6.18. The van der Waals surface area contributed by atoms with E-state index in [4.69, 9.17) is 0 Å². The molecule has 4 nitrogen and oxygen atoms in total. The average Bonchev–Trinajstić information content (AvgIpc) is 2.66. The van der Waals surface area contributed by atoms with E-state index in [0.717, 1.165) is 35.6 Å². The van der Waals surface area contributed by atoms with E-state index >= 15 is 4.39 Å². The summed E-state index contributed by atoms with van der Waals surface area (Å²) in [5.41, 5.74) is 4.14. The van der Waals surface area contributed by atoms with Crippen LogP contribution in [0.5, 0.6) is 0 Å². The van der Waals surface area contributed by atoms with Crippen molar-refractivity contribution in [3.05, 3.63) is 71.4 Å². The van der Waals surface area contributed by atoms with E-state index in [-0.39, 0.29) is 5.82 Å². The number of pyridine rings is 1. The molecule has 0 saturated heterocycles. The summed E-state index contributed by atoms with van der Waals surface area (Å²) in [5.74, 6) is 0.436. The van der Waals surface area contributed by atoms with Crippen molar-refractivity contribution in [3.8, 4) is 0 Å². The summed E-state index contributed by atoms with van der Waals surface area (Å²) in [6, 6.07) is 9.34. The van der Waals surface area contributed by atoms with Crippen molar-refractivity contribution in [3.63, 3.8) is 0 Å².